The van der Waals surface area contributed by atoms with Crippen LogP contribution in [-0.2, 0) is 19.1 Å². The maximum atomic E-state index is 14.5. The largest absolute Gasteiger partial charge is 0.465 e. The van der Waals surface area contributed by atoms with Crippen molar-refractivity contribution in [1.29, 1.82) is 0 Å². The zero-order valence-corrected chi connectivity index (χ0v) is 22.1. The molecular formula is C28H36N2O5S. The first-order chi connectivity index (χ1) is 17.2. The van der Waals surface area contributed by atoms with Crippen LogP contribution in [-0.4, -0.2) is 70.1 Å². The Labute approximate surface area is 217 Å². The van der Waals surface area contributed by atoms with Gasteiger partial charge in [-0.05, 0) is 49.8 Å². The number of β-amino-alcohol motifs (C(OH)–C–C–N with tert-alkyl or cyclic N) is 1. The second-order valence-electron chi connectivity index (χ2n) is 10.1. The number of amides is 2. The molecule has 3 heterocycles. The molecule has 3 saturated heterocycles. The molecule has 3 aliphatic rings. The highest BCUT2D eigenvalue weighted by Gasteiger charge is 2.76. The summed E-state index contributed by atoms with van der Waals surface area (Å²) in [5.41, 5.74) is 2.75. The maximum Gasteiger partial charge on any atom is 0.310 e. The van der Waals surface area contributed by atoms with E-state index in [4.69, 9.17) is 4.74 Å². The molecule has 7 nitrogen and oxygen atoms in total. The molecule has 0 radical (unpaired) electrons. The summed E-state index contributed by atoms with van der Waals surface area (Å²) in [6, 6.07) is 5.16. The van der Waals surface area contributed by atoms with Crippen molar-refractivity contribution in [3.8, 4) is 0 Å². The zero-order valence-electron chi connectivity index (χ0n) is 21.3. The molecular weight excluding hydrogens is 476 g/mol. The Morgan fingerprint density at radius 3 is 2.72 bits per heavy atom. The first-order valence-corrected chi connectivity index (χ1v) is 13.5. The van der Waals surface area contributed by atoms with Crippen molar-refractivity contribution in [2.24, 2.45) is 17.8 Å². The third kappa shape index (κ3) is 4.08. The van der Waals surface area contributed by atoms with Gasteiger partial charge in [0.1, 0.15) is 6.04 Å². The highest BCUT2D eigenvalue weighted by Crippen LogP contribution is 2.68. The Bertz CT molecular complexity index is 1070. The summed E-state index contributed by atoms with van der Waals surface area (Å²) in [6.45, 7) is 13.8. The summed E-state index contributed by atoms with van der Waals surface area (Å²) in [6.07, 6.45) is 4.65. The number of rotatable bonds is 10. The average Bonchev–Trinajstić information content (AvgIpc) is 3.43. The predicted molar refractivity (Wildman–Crippen MR) is 142 cm³/mol. The number of nitrogens with zero attached hydrogens (tertiary/aromatic N) is 2. The molecule has 6 atom stereocenters. The summed E-state index contributed by atoms with van der Waals surface area (Å²) in [4.78, 5) is 44.7. The van der Waals surface area contributed by atoms with E-state index in [1.54, 1.807) is 28.8 Å². The predicted octanol–water partition coefficient (Wildman–Crippen LogP) is 3.27. The Morgan fingerprint density at radius 1 is 1.31 bits per heavy atom. The quantitative estimate of drug-likeness (QED) is 0.294. The van der Waals surface area contributed by atoms with Gasteiger partial charge in [0.15, 0.2) is 0 Å². The van der Waals surface area contributed by atoms with E-state index in [9.17, 15) is 19.5 Å². The SMILES string of the molecule is C=CCCOC(=O)[C@@H]1[C@@H]2CC(C)C3(S2)C(C(=O)N(CC=C)c2cc(C)ccc2C)N(CCO)C(=O)[C@H]13. The third-order valence-electron chi connectivity index (χ3n) is 7.89. The summed E-state index contributed by atoms with van der Waals surface area (Å²) in [5, 5.41) is 9.78. The number of aliphatic hydroxyl groups excluding tert-OH is 1. The number of fused-ring (bicyclic) bond motifs is 1. The fraction of sp³-hybridized carbons (Fsp3) is 0.536. The minimum atomic E-state index is -0.794. The number of benzene rings is 1. The lowest BCUT2D eigenvalue weighted by atomic mass is 9.66. The van der Waals surface area contributed by atoms with Crippen molar-refractivity contribution in [3.63, 3.8) is 0 Å². The average molecular weight is 513 g/mol. The second-order valence-corrected chi connectivity index (χ2v) is 11.6. The normalized spacial score (nSPS) is 30.3. The minimum Gasteiger partial charge on any atom is -0.465 e. The van der Waals surface area contributed by atoms with E-state index in [0.717, 1.165) is 23.2 Å². The summed E-state index contributed by atoms with van der Waals surface area (Å²) in [5.74, 6) is -2.03. The number of likely N-dealkylation sites (tertiary alicyclic amines) is 1. The Balaban J connectivity index is 1.77. The van der Waals surface area contributed by atoms with Gasteiger partial charge in [-0.25, -0.2) is 0 Å². The molecule has 194 valence electrons. The molecule has 2 bridgehead atoms. The standard InChI is InChI=1S/C28H36N2O5S/c1-6-8-14-35-27(34)22-21-16-19(5)28(36-21)23(22)25(32)30(12-13-31)24(28)26(33)29(11-7-2)20-15-17(3)9-10-18(20)4/h6-7,9-10,15,19,21-24,31H,1-2,8,11-14,16H2,3-5H3/t19?,21-,22+,23-,24?,28?/m0/s1. The van der Waals surface area contributed by atoms with Crippen molar-refractivity contribution < 1.29 is 24.2 Å². The number of aliphatic hydroxyl groups is 1. The molecule has 0 aliphatic carbocycles. The van der Waals surface area contributed by atoms with Gasteiger partial charge in [-0.3, -0.25) is 14.4 Å². The number of hydrogen-bond donors (Lipinski definition) is 1. The second kappa shape index (κ2) is 10.4. The van der Waals surface area contributed by atoms with E-state index in [2.05, 4.69) is 20.1 Å². The first kappa shape index (κ1) is 26.5. The molecule has 3 fully saturated rings. The summed E-state index contributed by atoms with van der Waals surface area (Å²) < 4.78 is 4.77. The number of thioether (sulfide) groups is 1. The number of hydrogen-bond acceptors (Lipinski definition) is 6. The van der Waals surface area contributed by atoms with Gasteiger partial charge in [0.05, 0.1) is 29.8 Å². The zero-order chi connectivity index (χ0) is 26.2. The monoisotopic (exact) mass is 512 g/mol. The minimum absolute atomic E-state index is 0.0401. The third-order valence-corrected chi connectivity index (χ3v) is 9.97. The van der Waals surface area contributed by atoms with Gasteiger partial charge < -0.3 is 19.6 Å². The summed E-state index contributed by atoms with van der Waals surface area (Å²) >= 11 is 1.60. The first-order valence-electron chi connectivity index (χ1n) is 12.6. The van der Waals surface area contributed by atoms with E-state index in [1.807, 2.05) is 32.0 Å². The van der Waals surface area contributed by atoms with Crippen LogP contribution in [0.5, 0.6) is 0 Å². The van der Waals surface area contributed by atoms with E-state index in [1.165, 1.54) is 4.90 Å². The van der Waals surface area contributed by atoms with Gasteiger partial charge in [0.2, 0.25) is 5.91 Å². The Hall–Kier alpha value is -2.58. The Kier molecular flexibility index (Phi) is 7.67. The highest BCUT2D eigenvalue weighted by molar-refractivity contribution is 8.02. The van der Waals surface area contributed by atoms with Crippen LogP contribution in [0, 0.1) is 31.6 Å². The lowest BCUT2D eigenvalue weighted by Crippen LogP contribution is -2.57. The van der Waals surface area contributed by atoms with Gasteiger partial charge in [0, 0.05) is 24.0 Å². The van der Waals surface area contributed by atoms with Gasteiger partial charge >= 0.3 is 5.97 Å². The molecule has 1 N–H and O–H groups in total. The topological polar surface area (TPSA) is 87.2 Å². The van der Waals surface area contributed by atoms with Crippen LogP contribution in [0.3, 0.4) is 0 Å². The summed E-state index contributed by atoms with van der Waals surface area (Å²) in [7, 11) is 0. The molecule has 3 unspecified atom stereocenters. The molecule has 0 saturated carbocycles. The molecule has 1 aromatic rings. The highest BCUT2D eigenvalue weighted by atomic mass is 32.2. The number of carbonyl (C=O) groups excluding carboxylic acids is 3. The number of anilines is 1. The molecule has 1 aromatic carbocycles. The van der Waals surface area contributed by atoms with E-state index in [-0.39, 0.29) is 55.3 Å². The molecule has 8 heteroatoms. The van der Waals surface area contributed by atoms with Crippen LogP contribution in [0.4, 0.5) is 5.69 Å². The number of carbonyl (C=O) groups is 3. The smallest absolute Gasteiger partial charge is 0.310 e. The van der Waals surface area contributed by atoms with Crippen LogP contribution in [0.15, 0.2) is 43.5 Å². The molecule has 2 amide bonds. The molecule has 36 heavy (non-hydrogen) atoms. The fourth-order valence-corrected chi connectivity index (χ4v) is 8.75. The van der Waals surface area contributed by atoms with E-state index in [0.29, 0.717) is 6.42 Å². The van der Waals surface area contributed by atoms with Gasteiger partial charge in [0.25, 0.3) is 5.91 Å². The van der Waals surface area contributed by atoms with Crippen molar-refractivity contribution >= 4 is 35.2 Å². The van der Waals surface area contributed by atoms with Crippen LogP contribution in [0.25, 0.3) is 0 Å². The maximum absolute atomic E-state index is 14.5. The molecule has 3 aliphatic heterocycles. The number of ether oxygens (including phenoxy) is 1. The Morgan fingerprint density at radius 2 is 2.06 bits per heavy atom. The molecule has 4 rings (SSSR count). The van der Waals surface area contributed by atoms with Crippen LogP contribution >= 0.6 is 11.8 Å². The number of aryl methyl sites for hydroxylation is 2. The lowest BCUT2D eigenvalue weighted by molar-refractivity contribution is -0.154. The van der Waals surface area contributed by atoms with Crippen molar-refractivity contribution in [3.05, 3.63) is 54.6 Å². The molecule has 0 aromatic heterocycles. The van der Waals surface area contributed by atoms with E-state index >= 15 is 0 Å². The van der Waals surface area contributed by atoms with Gasteiger partial charge in [-0.15, -0.1) is 24.9 Å². The lowest BCUT2D eigenvalue weighted by Gasteiger charge is -2.40. The number of esters is 1. The van der Waals surface area contributed by atoms with Crippen LogP contribution in [0.2, 0.25) is 0 Å². The van der Waals surface area contributed by atoms with Crippen LogP contribution in [0.1, 0.15) is 30.9 Å². The fourth-order valence-electron chi connectivity index (χ4n) is 6.35. The van der Waals surface area contributed by atoms with Crippen LogP contribution < -0.4 is 4.90 Å². The molecule has 1 spiro atoms. The van der Waals surface area contributed by atoms with Crippen molar-refractivity contribution in [1.82, 2.24) is 4.90 Å². The van der Waals surface area contributed by atoms with Crippen molar-refractivity contribution in [2.75, 3.05) is 31.2 Å². The van der Waals surface area contributed by atoms with Crippen molar-refractivity contribution in [2.45, 2.75) is 49.7 Å². The van der Waals surface area contributed by atoms with Gasteiger partial charge in [-0.1, -0.05) is 31.2 Å². The van der Waals surface area contributed by atoms with Gasteiger partial charge in [-0.2, -0.15) is 0 Å². The van der Waals surface area contributed by atoms with E-state index < -0.39 is 22.6 Å².